The topological polar surface area (TPSA) is 118 Å². The zero-order valence-electron chi connectivity index (χ0n) is 21.3. The summed E-state index contributed by atoms with van der Waals surface area (Å²) in [4.78, 5) is 57.9. The molecule has 6 rings (SSSR count). The molecule has 3 aliphatic rings. The van der Waals surface area contributed by atoms with Crippen LogP contribution < -0.4 is 14.8 Å². The second-order valence-corrected chi connectivity index (χ2v) is 9.97. The summed E-state index contributed by atoms with van der Waals surface area (Å²) in [5.74, 6) is -0.217. The highest BCUT2D eigenvalue weighted by Gasteiger charge is 2.40. The Hall–Kier alpha value is -4.31. The van der Waals surface area contributed by atoms with Gasteiger partial charge in [-0.15, -0.1) is 0 Å². The molecule has 2 fully saturated rings. The Morgan fingerprint density at radius 2 is 1.90 bits per heavy atom. The minimum atomic E-state index is -0.677. The third kappa shape index (κ3) is 4.83. The normalized spacial score (nSPS) is 21.2. The Morgan fingerprint density at radius 3 is 2.77 bits per heavy atom. The zero-order valence-corrected chi connectivity index (χ0v) is 21.3. The zero-order chi connectivity index (χ0) is 26.9. The molecule has 2 saturated heterocycles. The molecular weight excluding hydrogens is 500 g/mol. The highest BCUT2D eigenvalue weighted by molar-refractivity contribution is 6.05. The lowest BCUT2D eigenvalue weighted by atomic mass is 10.0. The van der Waals surface area contributed by atoms with E-state index in [1.807, 2.05) is 30.3 Å². The summed E-state index contributed by atoms with van der Waals surface area (Å²) >= 11 is 0. The number of carbonyl (C=O) groups excluding carboxylic acids is 4. The minimum absolute atomic E-state index is 0.205. The third-order valence-electron chi connectivity index (χ3n) is 7.63. The van der Waals surface area contributed by atoms with E-state index in [9.17, 15) is 19.2 Å². The lowest BCUT2D eigenvalue weighted by Gasteiger charge is -2.29. The first kappa shape index (κ1) is 25.0. The van der Waals surface area contributed by atoms with Crippen molar-refractivity contribution in [2.24, 2.45) is 0 Å². The fourth-order valence-electron chi connectivity index (χ4n) is 5.66. The molecule has 2 unspecified atom stereocenters. The van der Waals surface area contributed by atoms with Gasteiger partial charge in [0.15, 0.2) is 0 Å². The number of esters is 1. The molecule has 0 saturated carbocycles. The van der Waals surface area contributed by atoms with Gasteiger partial charge in [-0.2, -0.15) is 0 Å². The average Bonchev–Trinajstić information content (AvgIpc) is 3.54. The van der Waals surface area contributed by atoms with Gasteiger partial charge in [-0.05, 0) is 56.1 Å². The van der Waals surface area contributed by atoms with Crippen LogP contribution in [0.2, 0.25) is 0 Å². The number of benzene rings is 2. The lowest BCUT2D eigenvalue weighted by molar-refractivity contribution is -0.139. The molecule has 0 aliphatic carbocycles. The molecule has 0 bridgehead atoms. The molecule has 3 aromatic rings. The van der Waals surface area contributed by atoms with Crippen molar-refractivity contribution in [1.82, 2.24) is 20.1 Å². The highest BCUT2D eigenvalue weighted by Crippen LogP contribution is 2.34. The van der Waals surface area contributed by atoms with Crippen LogP contribution in [-0.2, 0) is 20.9 Å². The van der Waals surface area contributed by atoms with Gasteiger partial charge in [0.2, 0.25) is 11.8 Å². The number of imide groups is 1. The Labute approximate surface area is 224 Å². The third-order valence-corrected chi connectivity index (χ3v) is 7.63. The quantitative estimate of drug-likeness (QED) is 0.367. The van der Waals surface area contributed by atoms with Gasteiger partial charge in [0.1, 0.15) is 30.2 Å². The first-order valence-corrected chi connectivity index (χ1v) is 13.2. The molecular formula is C29H28N4O6. The van der Waals surface area contributed by atoms with Gasteiger partial charge in [0.05, 0.1) is 12.1 Å². The summed E-state index contributed by atoms with van der Waals surface area (Å²) in [5.41, 5.74) is 2.00. The van der Waals surface area contributed by atoms with E-state index in [-0.39, 0.29) is 36.8 Å². The summed E-state index contributed by atoms with van der Waals surface area (Å²) in [7, 11) is 0. The first-order valence-electron chi connectivity index (χ1n) is 13.2. The second kappa shape index (κ2) is 10.5. The smallest absolute Gasteiger partial charge is 0.328 e. The van der Waals surface area contributed by atoms with Crippen LogP contribution in [-0.4, -0.2) is 70.3 Å². The SMILES string of the molecule is O=C1CCC(N2Cc3c(OCCN4CCCC4C(=O)Oc4ccnc5ccccc45)cccc3C2=O)C(=O)N1. The maximum Gasteiger partial charge on any atom is 0.328 e. The molecule has 10 nitrogen and oxygen atoms in total. The molecule has 10 heteroatoms. The largest absolute Gasteiger partial charge is 0.492 e. The van der Waals surface area contributed by atoms with Crippen molar-refractivity contribution in [2.75, 3.05) is 19.7 Å². The van der Waals surface area contributed by atoms with Crippen molar-refractivity contribution < 1.29 is 28.7 Å². The summed E-state index contributed by atoms with van der Waals surface area (Å²) < 4.78 is 11.9. The van der Waals surface area contributed by atoms with Gasteiger partial charge in [0, 0.05) is 35.7 Å². The summed E-state index contributed by atoms with van der Waals surface area (Å²) in [6.45, 7) is 1.85. The minimum Gasteiger partial charge on any atom is -0.492 e. The van der Waals surface area contributed by atoms with Crippen LogP contribution in [0.5, 0.6) is 11.5 Å². The Morgan fingerprint density at radius 1 is 1.03 bits per heavy atom. The molecule has 1 aromatic heterocycles. The molecule has 3 amide bonds. The van der Waals surface area contributed by atoms with E-state index in [4.69, 9.17) is 9.47 Å². The summed E-state index contributed by atoms with van der Waals surface area (Å²) in [6, 6.07) is 13.5. The standard InChI is InChI=1S/C29H28N4O6/c34-26-11-10-22(27(35)31-26)33-17-20-18(28(33)36)6-3-9-24(20)38-16-15-32-14-4-8-23(32)29(37)39-25-12-13-30-21-7-2-1-5-19(21)25/h1-3,5-7,9,12-13,22-23H,4,8,10-11,14-17H2,(H,31,34,35). The van der Waals surface area contributed by atoms with Gasteiger partial charge in [-0.1, -0.05) is 18.2 Å². The summed E-state index contributed by atoms with van der Waals surface area (Å²) in [5, 5.41) is 3.11. The van der Waals surface area contributed by atoms with Gasteiger partial charge >= 0.3 is 5.97 Å². The number of carbonyl (C=O) groups is 4. The molecule has 0 radical (unpaired) electrons. The van der Waals surface area contributed by atoms with Crippen LogP contribution in [0.25, 0.3) is 10.9 Å². The van der Waals surface area contributed by atoms with Gasteiger partial charge in [-0.25, -0.2) is 4.79 Å². The van der Waals surface area contributed by atoms with Gasteiger partial charge < -0.3 is 14.4 Å². The van der Waals surface area contributed by atoms with Crippen molar-refractivity contribution in [3.05, 3.63) is 65.9 Å². The van der Waals surface area contributed by atoms with Crippen LogP contribution in [0, 0.1) is 0 Å². The molecule has 0 spiro atoms. The van der Waals surface area contributed by atoms with E-state index in [0.29, 0.717) is 43.1 Å². The fraction of sp³-hybridized carbons (Fsp3) is 0.345. The highest BCUT2D eigenvalue weighted by atomic mass is 16.5. The number of rotatable bonds is 7. The van der Waals surface area contributed by atoms with E-state index in [1.165, 1.54) is 4.90 Å². The summed E-state index contributed by atoms with van der Waals surface area (Å²) in [6.07, 6.45) is 3.74. The number of aromatic nitrogens is 1. The fourth-order valence-corrected chi connectivity index (χ4v) is 5.66. The van der Waals surface area contributed by atoms with Crippen LogP contribution in [0.15, 0.2) is 54.7 Å². The number of piperidine rings is 1. The number of amides is 3. The molecule has 200 valence electrons. The van der Waals surface area contributed by atoms with Crippen molar-refractivity contribution in [1.29, 1.82) is 0 Å². The monoisotopic (exact) mass is 528 g/mol. The van der Waals surface area contributed by atoms with Gasteiger partial charge in [-0.3, -0.25) is 29.6 Å². The molecule has 2 atom stereocenters. The van der Waals surface area contributed by atoms with Crippen LogP contribution in [0.3, 0.4) is 0 Å². The van der Waals surface area contributed by atoms with Crippen molar-refractivity contribution in [3.63, 3.8) is 0 Å². The van der Waals surface area contributed by atoms with Crippen molar-refractivity contribution in [3.8, 4) is 11.5 Å². The number of nitrogens with zero attached hydrogens (tertiary/aromatic N) is 3. The average molecular weight is 529 g/mol. The van der Waals surface area contributed by atoms with Crippen molar-refractivity contribution >= 4 is 34.6 Å². The lowest BCUT2D eigenvalue weighted by Crippen LogP contribution is -2.52. The maximum absolute atomic E-state index is 13.1. The van der Waals surface area contributed by atoms with E-state index in [1.54, 1.807) is 24.4 Å². The van der Waals surface area contributed by atoms with Crippen LogP contribution in [0.1, 0.15) is 41.6 Å². The van der Waals surface area contributed by atoms with E-state index >= 15 is 0 Å². The number of pyridine rings is 1. The first-order chi connectivity index (χ1) is 19.0. The van der Waals surface area contributed by atoms with Crippen LogP contribution in [0.4, 0.5) is 0 Å². The predicted octanol–water partition coefficient (Wildman–Crippen LogP) is 2.44. The van der Waals surface area contributed by atoms with Gasteiger partial charge in [0.25, 0.3) is 5.91 Å². The van der Waals surface area contributed by atoms with Crippen LogP contribution >= 0.6 is 0 Å². The molecule has 2 aromatic carbocycles. The second-order valence-electron chi connectivity index (χ2n) is 9.97. The molecule has 39 heavy (non-hydrogen) atoms. The van der Waals surface area contributed by atoms with E-state index in [0.717, 1.165) is 29.4 Å². The molecule has 4 heterocycles. The number of fused-ring (bicyclic) bond motifs is 2. The predicted molar refractivity (Wildman–Crippen MR) is 140 cm³/mol. The van der Waals surface area contributed by atoms with E-state index in [2.05, 4.69) is 15.2 Å². The number of likely N-dealkylation sites (tertiary alicyclic amines) is 1. The number of hydrogen-bond acceptors (Lipinski definition) is 8. The number of hydrogen-bond donors (Lipinski definition) is 1. The number of para-hydroxylation sites is 1. The molecule has 3 aliphatic heterocycles. The molecule has 1 N–H and O–H groups in total. The van der Waals surface area contributed by atoms with E-state index < -0.39 is 11.9 Å². The Kier molecular flexibility index (Phi) is 6.70. The number of ether oxygens (including phenoxy) is 2. The number of nitrogens with one attached hydrogen (secondary N) is 1. The van der Waals surface area contributed by atoms with Crippen molar-refractivity contribution in [2.45, 2.75) is 44.3 Å². The Bertz CT molecular complexity index is 1470. The maximum atomic E-state index is 13.1. The Balaban J connectivity index is 1.09.